The Morgan fingerprint density at radius 2 is 1.67 bits per heavy atom. The Labute approximate surface area is 139 Å². The van der Waals surface area contributed by atoms with Crippen molar-refractivity contribution in [2.45, 2.75) is 19.5 Å². The van der Waals surface area contributed by atoms with Crippen LogP contribution in [0.1, 0.15) is 29.7 Å². The van der Waals surface area contributed by atoms with Gasteiger partial charge in [0, 0.05) is 23.2 Å². The molecule has 0 aliphatic heterocycles. The minimum atomic E-state index is 0.101. The smallest absolute Gasteiger partial charge is 0.0991 e. The fourth-order valence-corrected chi connectivity index (χ4v) is 2.63. The summed E-state index contributed by atoms with van der Waals surface area (Å²) in [5, 5.41) is 13.7. The van der Waals surface area contributed by atoms with E-state index in [1.165, 1.54) is 0 Å². The maximum Gasteiger partial charge on any atom is 0.0991 e. The van der Waals surface area contributed by atoms with Gasteiger partial charge >= 0.3 is 0 Å². The van der Waals surface area contributed by atoms with Crippen molar-refractivity contribution in [3.8, 4) is 6.07 Å². The van der Waals surface area contributed by atoms with Crippen LogP contribution in [0.4, 0.5) is 0 Å². The SMILES string of the molecule is CC(NCc1c(Cl)ccc(Cl)c1Cl)c1ccc(C#N)cc1. The first-order chi connectivity index (χ1) is 10.0. The van der Waals surface area contributed by atoms with E-state index in [4.69, 9.17) is 40.1 Å². The minimum absolute atomic E-state index is 0.101. The highest BCUT2D eigenvalue weighted by Gasteiger charge is 2.11. The zero-order valence-electron chi connectivity index (χ0n) is 11.3. The van der Waals surface area contributed by atoms with E-state index in [0.29, 0.717) is 27.2 Å². The fraction of sp³-hybridized carbons (Fsp3) is 0.188. The number of rotatable bonds is 4. The Balaban J connectivity index is 2.09. The number of benzene rings is 2. The van der Waals surface area contributed by atoms with Crippen molar-refractivity contribution in [2.24, 2.45) is 0 Å². The van der Waals surface area contributed by atoms with E-state index in [1.54, 1.807) is 24.3 Å². The molecule has 2 nitrogen and oxygen atoms in total. The summed E-state index contributed by atoms with van der Waals surface area (Å²) in [5.74, 6) is 0. The second-order valence-corrected chi connectivity index (χ2v) is 5.85. The van der Waals surface area contributed by atoms with Crippen molar-refractivity contribution in [3.63, 3.8) is 0 Å². The number of hydrogen-bond acceptors (Lipinski definition) is 2. The lowest BCUT2D eigenvalue weighted by Crippen LogP contribution is -2.18. The lowest BCUT2D eigenvalue weighted by Gasteiger charge is -2.16. The predicted octanol–water partition coefficient (Wildman–Crippen LogP) is 5.37. The molecule has 5 heteroatoms. The summed E-state index contributed by atoms with van der Waals surface area (Å²) in [6, 6.07) is 13.1. The van der Waals surface area contributed by atoms with Crippen LogP contribution < -0.4 is 5.32 Å². The third kappa shape index (κ3) is 3.90. The zero-order chi connectivity index (χ0) is 15.4. The topological polar surface area (TPSA) is 35.8 Å². The van der Waals surface area contributed by atoms with E-state index in [1.807, 2.05) is 19.1 Å². The molecule has 0 fully saturated rings. The highest BCUT2D eigenvalue weighted by Crippen LogP contribution is 2.31. The van der Waals surface area contributed by atoms with Crippen LogP contribution in [0.15, 0.2) is 36.4 Å². The number of nitrogens with one attached hydrogen (secondary N) is 1. The van der Waals surface area contributed by atoms with Crippen molar-refractivity contribution in [1.82, 2.24) is 5.32 Å². The second kappa shape index (κ2) is 7.15. The van der Waals surface area contributed by atoms with E-state index in [-0.39, 0.29) is 6.04 Å². The van der Waals surface area contributed by atoms with Crippen LogP contribution in [-0.2, 0) is 6.54 Å². The van der Waals surface area contributed by atoms with Gasteiger partial charge in [-0.3, -0.25) is 0 Å². The molecular formula is C16H13Cl3N2. The van der Waals surface area contributed by atoms with Crippen LogP contribution >= 0.6 is 34.8 Å². The molecule has 0 saturated carbocycles. The fourth-order valence-electron chi connectivity index (χ4n) is 1.95. The van der Waals surface area contributed by atoms with Gasteiger partial charge in [-0.05, 0) is 36.8 Å². The standard InChI is InChI=1S/C16H13Cl3N2/c1-10(12-4-2-11(8-20)3-5-12)21-9-13-14(17)6-7-15(18)16(13)19/h2-7,10,21H,9H2,1H3. The Bertz CT molecular complexity index is 675. The Morgan fingerprint density at radius 1 is 1.05 bits per heavy atom. The molecule has 2 rings (SSSR count). The van der Waals surface area contributed by atoms with Crippen LogP contribution in [0, 0.1) is 11.3 Å². The first-order valence-electron chi connectivity index (χ1n) is 6.38. The molecule has 21 heavy (non-hydrogen) atoms. The van der Waals surface area contributed by atoms with Gasteiger partial charge in [-0.25, -0.2) is 0 Å². The van der Waals surface area contributed by atoms with Gasteiger partial charge < -0.3 is 5.32 Å². The molecule has 0 bridgehead atoms. The van der Waals surface area contributed by atoms with Gasteiger partial charge in [0.1, 0.15) is 0 Å². The summed E-state index contributed by atoms with van der Waals surface area (Å²) in [6.07, 6.45) is 0. The summed E-state index contributed by atoms with van der Waals surface area (Å²) in [7, 11) is 0. The number of nitriles is 1. The number of halogens is 3. The molecule has 1 unspecified atom stereocenters. The van der Waals surface area contributed by atoms with Crippen molar-refractivity contribution >= 4 is 34.8 Å². The van der Waals surface area contributed by atoms with Crippen molar-refractivity contribution < 1.29 is 0 Å². The van der Waals surface area contributed by atoms with E-state index >= 15 is 0 Å². The predicted molar refractivity (Wildman–Crippen MR) is 87.9 cm³/mol. The van der Waals surface area contributed by atoms with Crippen molar-refractivity contribution in [2.75, 3.05) is 0 Å². The van der Waals surface area contributed by atoms with Gasteiger partial charge in [0.15, 0.2) is 0 Å². The Morgan fingerprint density at radius 3 is 2.29 bits per heavy atom. The molecule has 1 atom stereocenters. The summed E-state index contributed by atoms with van der Waals surface area (Å²) in [6.45, 7) is 2.55. The average molecular weight is 340 g/mol. The van der Waals surface area contributed by atoms with Crippen LogP contribution in [0.25, 0.3) is 0 Å². The van der Waals surface area contributed by atoms with Gasteiger partial charge in [-0.2, -0.15) is 5.26 Å². The summed E-state index contributed by atoms with van der Waals surface area (Å²) in [5.41, 5.74) is 2.52. The molecule has 0 radical (unpaired) electrons. The average Bonchev–Trinajstić information content (AvgIpc) is 2.51. The van der Waals surface area contributed by atoms with Gasteiger partial charge in [-0.15, -0.1) is 0 Å². The van der Waals surface area contributed by atoms with Gasteiger partial charge in [0.2, 0.25) is 0 Å². The maximum atomic E-state index is 8.80. The normalized spacial score (nSPS) is 12.0. The lowest BCUT2D eigenvalue weighted by molar-refractivity contribution is 0.575. The molecular weight excluding hydrogens is 327 g/mol. The summed E-state index contributed by atoms with van der Waals surface area (Å²) in [4.78, 5) is 0. The van der Waals surface area contributed by atoms with Gasteiger partial charge in [-0.1, -0.05) is 46.9 Å². The molecule has 0 aromatic heterocycles. The molecule has 0 amide bonds. The Hall–Kier alpha value is -1.24. The van der Waals surface area contributed by atoms with Crippen LogP contribution in [0.5, 0.6) is 0 Å². The molecule has 108 valence electrons. The quantitative estimate of drug-likeness (QED) is 0.760. The molecule has 2 aromatic carbocycles. The third-order valence-electron chi connectivity index (χ3n) is 3.26. The largest absolute Gasteiger partial charge is 0.306 e. The zero-order valence-corrected chi connectivity index (χ0v) is 13.6. The number of hydrogen-bond donors (Lipinski definition) is 1. The molecule has 0 aliphatic rings. The molecule has 2 aromatic rings. The van der Waals surface area contributed by atoms with E-state index < -0.39 is 0 Å². The molecule has 0 heterocycles. The summed E-state index contributed by atoms with van der Waals surface area (Å²) < 4.78 is 0. The second-order valence-electron chi connectivity index (χ2n) is 4.66. The van der Waals surface area contributed by atoms with Gasteiger partial charge in [0.25, 0.3) is 0 Å². The van der Waals surface area contributed by atoms with Crippen LogP contribution in [0.2, 0.25) is 15.1 Å². The van der Waals surface area contributed by atoms with Crippen LogP contribution in [-0.4, -0.2) is 0 Å². The highest BCUT2D eigenvalue weighted by atomic mass is 35.5. The highest BCUT2D eigenvalue weighted by molar-refractivity contribution is 6.44. The monoisotopic (exact) mass is 338 g/mol. The van der Waals surface area contributed by atoms with Gasteiger partial charge in [0.05, 0.1) is 21.7 Å². The van der Waals surface area contributed by atoms with Crippen molar-refractivity contribution in [3.05, 3.63) is 68.2 Å². The number of nitrogens with zero attached hydrogens (tertiary/aromatic N) is 1. The Kier molecular flexibility index (Phi) is 5.50. The van der Waals surface area contributed by atoms with Crippen molar-refractivity contribution in [1.29, 1.82) is 5.26 Å². The first-order valence-corrected chi connectivity index (χ1v) is 7.52. The van der Waals surface area contributed by atoms with E-state index in [0.717, 1.165) is 11.1 Å². The molecule has 0 saturated heterocycles. The van der Waals surface area contributed by atoms with E-state index in [2.05, 4.69) is 11.4 Å². The summed E-state index contributed by atoms with van der Waals surface area (Å²) >= 11 is 18.3. The molecule has 1 N–H and O–H groups in total. The molecule has 0 spiro atoms. The minimum Gasteiger partial charge on any atom is -0.306 e. The van der Waals surface area contributed by atoms with E-state index in [9.17, 15) is 0 Å². The molecule has 0 aliphatic carbocycles. The van der Waals surface area contributed by atoms with Crippen LogP contribution in [0.3, 0.4) is 0 Å². The first kappa shape index (κ1) is 16.1. The maximum absolute atomic E-state index is 8.80. The third-order valence-corrected chi connectivity index (χ3v) is 4.46. The lowest BCUT2D eigenvalue weighted by atomic mass is 10.1.